The van der Waals surface area contributed by atoms with Gasteiger partial charge < -0.3 is 14.7 Å². The normalized spacial score (nSPS) is 10.6. The number of hydrogen-bond acceptors (Lipinski definition) is 2. The van der Waals surface area contributed by atoms with E-state index in [1.807, 2.05) is 13.8 Å². The van der Waals surface area contributed by atoms with Crippen LogP contribution in [0.3, 0.4) is 0 Å². The summed E-state index contributed by atoms with van der Waals surface area (Å²) in [5, 5.41) is 2.83. The van der Waals surface area contributed by atoms with E-state index in [0.717, 1.165) is 17.8 Å². The van der Waals surface area contributed by atoms with Gasteiger partial charge in [-0.05, 0) is 60.0 Å². The summed E-state index contributed by atoms with van der Waals surface area (Å²) in [6.07, 6.45) is 0.809. The highest BCUT2D eigenvalue weighted by Gasteiger charge is 2.10. The van der Waals surface area contributed by atoms with Crippen LogP contribution in [0.1, 0.15) is 27.5 Å². The maximum atomic E-state index is 11.7. The van der Waals surface area contributed by atoms with Crippen molar-refractivity contribution in [1.29, 1.82) is 0 Å². The standard InChI is InChI=1S/C13H15BrN2O2/c1-8-7-10(9(2)16-8)5-6-15-13(17)11-3-4-12(14)18-11/h3-4,7,16H,5-6H2,1-2H3,(H,15,17). The molecule has 0 saturated carbocycles. The number of rotatable bonds is 4. The molecule has 0 aliphatic heterocycles. The number of amides is 1. The number of halogens is 1. The Morgan fingerprint density at radius 2 is 2.22 bits per heavy atom. The fourth-order valence-corrected chi connectivity index (χ4v) is 2.18. The van der Waals surface area contributed by atoms with Gasteiger partial charge in [-0.2, -0.15) is 0 Å². The second-order valence-electron chi connectivity index (χ2n) is 4.21. The van der Waals surface area contributed by atoms with E-state index in [2.05, 4.69) is 32.3 Å². The molecule has 1 amide bonds. The smallest absolute Gasteiger partial charge is 0.287 e. The van der Waals surface area contributed by atoms with Gasteiger partial charge in [-0.15, -0.1) is 0 Å². The molecule has 4 nitrogen and oxygen atoms in total. The van der Waals surface area contributed by atoms with E-state index >= 15 is 0 Å². The highest BCUT2D eigenvalue weighted by atomic mass is 79.9. The van der Waals surface area contributed by atoms with E-state index in [-0.39, 0.29) is 5.91 Å². The summed E-state index contributed by atoms with van der Waals surface area (Å²) in [5.74, 6) is 0.134. The van der Waals surface area contributed by atoms with Crippen LogP contribution in [0.2, 0.25) is 0 Å². The Balaban J connectivity index is 1.85. The van der Waals surface area contributed by atoms with Gasteiger partial charge in [0, 0.05) is 17.9 Å². The SMILES string of the molecule is Cc1cc(CCNC(=O)c2ccc(Br)o2)c(C)[nH]1. The Hall–Kier alpha value is -1.49. The maximum absolute atomic E-state index is 11.7. The third-order valence-electron chi connectivity index (χ3n) is 2.73. The third kappa shape index (κ3) is 3.04. The molecule has 0 radical (unpaired) electrons. The number of furan rings is 1. The number of aryl methyl sites for hydroxylation is 2. The van der Waals surface area contributed by atoms with Crippen LogP contribution in [-0.2, 0) is 6.42 Å². The van der Waals surface area contributed by atoms with E-state index in [4.69, 9.17) is 4.42 Å². The third-order valence-corrected chi connectivity index (χ3v) is 3.16. The molecule has 18 heavy (non-hydrogen) atoms. The summed E-state index contributed by atoms with van der Waals surface area (Å²) < 4.78 is 5.73. The van der Waals surface area contributed by atoms with Crippen LogP contribution in [0, 0.1) is 13.8 Å². The molecule has 2 aromatic rings. The van der Waals surface area contributed by atoms with Crippen molar-refractivity contribution in [3.63, 3.8) is 0 Å². The molecule has 2 heterocycles. The number of aromatic nitrogens is 1. The van der Waals surface area contributed by atoms with Gasteiger partial charge in [0.25, 0.3) is 5.91 Å². The van der Waals surface area contributed by atoms with E-state index in [1.54, 1.807) is 12.1 Å². The summed E-state index contributed by atoms with van der Waals surface area (Å²) in [7, 11) is 0. The minimum absolute atomic E-state index is 0.189. The van der Waals surface area contributed by atoms with Gasteiger partial charge in [0.15, 0.2) is 10.4 Å². The first-order chi connectivity index (χ1) is 8.56. The van der Waals surface area contributed by atoms with Crippen LogP contribution in [0.4, 0.5) is 0 Å². The number of H-pyrrole nitrogens is 1. The molecule has 0 atom stereocenters. The number of hydrogen-bond donors (Lipinski definition) is 2. The molecule has 0 bridgehead atoms. The highest BCUT2D eigenvalue weighted by molar-refractivity contribution is 9.10. The second-order valence-corrected chi connectivity index (χ2v) is 4.99. The Morgan fingerprint density at radius 1 is 1.44 bits per heavy atom. The first-order valence-electron chi connectivity index (χ1n) is 5.75. The Kier molecular flexibility index (Phi) is 3.91. The molecule has 0 fully saturated rings. The lowest BCUT2D eigenvalue weighted by Gasteiger charge is -2.02. The molecule has 2 aromatic heterocycles. The lowest BCUT2D eigenvalue weighted by molar-refractivity contribution is 0.0925. The number of carbonyl (C=O) groups excluding carboxylic acids is 1. The lowest BCUT2D eigenvalue weighted by atomic mass is 10.2. The van der Waals surface area contributed by atoms with Crippen LogP contribution in [0.15, 0.2) is 27.3 Å². The minimum Gasteiger partial charge on any atom is -0.444 e. The van der Waals surface area contributed by atoms with Gasteiger partial charge in [0.05, 0.1) is 0 Å². The fourth-order valence-electron chi connectivity index (χ4n) is 1.88. The second kappa shape index (κ2) is 5.44. The minimum atomic E-state index is -0.189. The van der Waals surface area contributed by atoms with Crippen molar-refractivity contribution in [1.82, 2.24) is 10.3 Å². The van der Waals surface area contributed by atoms with E-state index in [9.17, 15) is 4.79 Å². The quantitative estimate of drug-likeness (QED) is 0.912. The zero-order valence-corrected chi connectivity index (χ0v) is 11.9. The van der Waals surface area contributed by atoms with Gasteiger partial charge in [-0.25, -0.2) is 0 Å². The van der Waals surface area contributed by atoms with E-state index in [0.29, 0.717) is 17.0 Å². The van der Waals surface area contributed by atoms with Crippen LogP contribution in [0.25, 0.3) is 0 Å². The summed E-state index contributed by atoms with van der Waals surface area (Å²) in [4.78, 5) is 14.9. The highest BCUT2D eigenvalue weighted by Crippen LogP contribution is 2.14. The van der Waals surface area contributed by atoms with Crippen molar-refractivity contribution in [2.45, 2.75) is 20.3 Å². The maximum Gasteiger partial charge on any atom is 0.287 e. The van der Waals surface area contributed by atoms with Crippen molar-refractivity contribution in [2.24, 2.45) is 0 Å². The zero-order chi connectivity index (χ0) is 13.1. The molecule has 0 aliphatic carbocycles. The van der Waals surface area contributed by atoms with Gasteiger partial charge in [-0.1, -0.05) is 0 Å². The average molecular weight is 311 g/mol. The molecule has 0 saturated heterocycles. The predicted octanol–water partition coefficient (Wildman–Crippen LogP) is 2.96. The molecule has 5 heteroatoms. The molecule has 96 valence electrons. The van der Waals surface area contributed by atoms with E-state index in [1.165, 1.54) is 5.56 Å². The molecule has 0 spiro atoms. The van der Waals surface area contributed by atoms with Crippen LogP contribution >= 0.6 is 15.9 Å². The number of carbonyl (C=O) groups is 1. The summed E-state index contributed by atoms with van der Waals surface area (Å²) in [6.45, 7) is 4.65. The van der Waals surface area contributed by atoms with Crippen molar-refractivity contribution < 1.29 is 9.21 Å². The number of aromatic amines is 1. The molecule has 0 aromatic carbocycles. The zero-order valence-electron chi connectivity index (χ0n) is 10.3. The molecular formula is C13H15BrN2O2. The average Bonchev–Trinajstić information content (AvgIpc) is 2.86. The topological polar surface area (TPSA) is 58.0 Å². The van der Waals surface area contributed by atoms with Crippen molar-refractivity contribution >= 4 is 21.8 Å². The summed E-state index contributed by atoms with van der Waals surface area (Å²) in [5.41, 5.74) is 3.53. The number of nitrogens with one attached hydrogen (secondary N) is 2. The largest absolute Gasteiger partial charge is 0.444 e. The fraction of sp³-hybridized carbons (Fsp3) is 0.308. The van der Waals surface area contributed by atoms with Gasteiger partial charge in [0.1, 0.15) is 0 Å². The first-order valence-corrected chi connectivity index (χ1v) is 6.54. The Morgan fingerprint density at radius 3 is 2.78 bits per heavy atom. The first kappa shape index (κ1) is 13.0. The molecule has 0 unspecified atom stereocenters. The molecule has 2 rings (SSSR count). The van der Waals surface area contributed by atoms with Gasteiger partial charge in [-0.3, -0.25) is 4.79 Å². The Bertz CT molecular complexity index is 557. The summed E-state index contributed by atoms with van der Waals surface area (Å²) in [6, 6.07) is 5.45. The summed E-state index contributed by atoms with van der Waals surface area (Å²) >= 11 is 3.17. The lowest BCUT2D eigenvalue weighted by Crippen LogP contribution is -2.25. The van der Waals surface area contributed by atoms with Crippen LogP contribution in [0.5, 0.6) is 0 Å². The molecular weight excluding hydrogens is 296 g/mol. The van der Waals surface area contributed by atoms with E-state index < -0.39 is 0 Å². The van der Waals surface area contributed by atoms with Crippen molar-refractivity contribution in [3.05, 3.63) is 45.6 Å². The van der Waals surface area contributed by atoms with Crippen LogP contribution < -0.4 is 5.32 Å². The van der Waals surface area contributed by atoms with Crippen molar-refractivity contribution in [3.8, 4) is 0 Å². The molecule has 0 aliphatic rings. The van der Waals surface area contributed by atoms with Gasteiger partial charge >= 0.3 is 0 Å². The predicted molar refractivity (Wildman–Crippen MR) is 72.7 cm³/mol. The van der Waals surface area contributed by atoms with Gasteiger partial charge in [0.2, 0.25) is 0 Å². The molecule has 2 N–H and O–H groups in total. The van der Waals surface area contributed by atoms with Crippen LogP contribution in [-0.4, -0.2) is 17.4 Å². The van der Waals surface area contributed by atoms with Crippen molar-refractivity contribution in [2.75, 3.05) is 6.54 Å². The monoisotopic (exact) mass is 310 g/mol. The Labute approximate surface area is 114 Å².